The van der Waals surface area contributed by atoms with Gasteiger partial charge in [0.25, 0.3) is 0 Å². The largest absolute Gasteiger partial charge is 0.313 e. The van der Waals surface area contributed by atoms with Crippen LogP contribution in [0.1, 0.15) is 31.7 Å². The minimum atomic E-state index is -2.95. The molecule has 1 N–H and O–H groups in total. The predicted octanol–water partition coefficient (Wildman–Crippen LogP) is 1.57. The van der Waals surface area contributed by atoms with Gasteiger partial charge in [0.05, 0.1) is 11.0 Å². The zero-order valence-electron chi connectivity index (χ0n) is 11.4. The lowest BCUT2D eigenvalue weighted by Crippen LogP contribution is -2.47. The first-order chi connectivity index (χ1) is 9.13. The van der Waals surface area contributed by atoms with Crippen molar-refractivity contribution in [3.05, 3.63) is 30.1 Å². The molecule has 5 heteroatoms. The van der Waals surface area contributed by atoms with Gasteiger partial charge in [0.2, 0.25) is 0 Å². The zero-order chi connectivity index (χ0) is 13.7. The van der Waals surface area contributed by atoms with Gasteiger partial charge in [0.15, 0.2) is 9.84 Å². The molecule has 2 atom stereocenters. The Hall–Kier alpha value is -0.940. The number of rotatable bonds is 5. The molecule has 1 aliphatic rings. The molecule has 0 spiro atoms. The van der Waals surface area contributed by atoms with Gasteiger partial charge in [-0.1, -0.05) is 19.4 Å². The predicted molar refractivity (Wildman–Crippen MR) is 76.8 cm³/mol. The average molecular weight is 282 g/mol. The summed E-state index contributed by atoms with van der Waals surface area (Å²) < 4.78 is 24.5. The second kappa shape index (κ2) is 6.48. The van der Waals surface area contributed by atoms with Gasteiger partial charge in [-0.25, -0.2) is 8.42 Å². The summed E-state index contributed by atoms with van der Waals surface area (Å²) in [5, 5.41) is 3.10. The third-order valence-corrected chi connectivity index (χ3v) is 6.07. The first-order valence-corrected chi connectivity index (χ1v) is 8.69. The van der Waals surface area contributed by atoms with E-state index in [0.29, 0.717) is 5.75 Å². The van der Waals surface area contributed by atoms with Crippen LogP contribution < -0.4 is 5.32 Å². The minimum Gasteiger partial charge on any atom is -0.313 e. The summed E-state index contributed by atoms with van der Waals surface area (Å²) in [5.41, 5.74) is 1.09. The molecule has 0 bridgehead atoms. The van der Waals surface area contributed by atoms with Gasteiger partial charge in [0.1, 0.15) is 0 Å². The first-order valence-electron chi connectivity index (χ1n) is 6.97. The Morgan fingerprint density at radius 2 is 2.32 bits per heavy atom. The van der Waals surface area contributed by atoms with Gasteiger partial charge in [-0.05, 0) is 37.4 Å². The molecule has 2 rings (SSSR count). The Labute approximate surface area is 115 Å². The smallest absolute Gasteiger partial charge is 0.154 e. The third-order valence-electron chi connectivity index (χ3n) is 3.72. The average Bonchev–Trinajstić information content (AvgIpc) is 2.39. The van der Waals surface area contributed by atoms with E-state index in [-0.39, 0.29) is 11.3 Å². The van der Waals surface area contributed by atoms with Gasteiger partial charge in [-0.2, -0.15) is 0 Å². The van der Waals surface area contributed by atoms with Crippen molar-refractivity contribution in [3.63, 3.8) is 0 Å². The number of likely N-dealkylation sites (N-methyl/N-ethyl adjacent to an activating group) is 1. The van der Waals surface area contributed by atoms with Crippen LogP contribution in [0.5, 0.6) is 0 Å². The zero-order valence-corrected chi connectivity index (χ0v) is 12.2. The van der Waals surface area contributed by atoms with Gasteiger partial charge < -0.3 is 5.32 Å². The molecule has 1 saturated heterocycles. The summed E-state index contributed by atoms with van der Waals surface area (Å²) in [7, 11) is -2.95. The molecule has 1 aromatic rings. The normalized spacial score (nSPS) is 23.9. The molecule has 1 aliphatic heterocycles. The number of hydrogen-bond donors (Lipinski definition) is 1. The van der Waals surface area contributed by atoms with Crippen LogP contribution >= 0.6 is 0 Å². The van der Waals surface area contributed by atoms with Crippen LogP contribution in [0.15, 0.2) is 24.5 Å². The maximum Gasteiger partial charge on any atom is 0.154 e. The van der Waals surface area contributed by atoms with Crippen molar-refractivity contribution >= 4 is 9.84 Å². The van der Waals surface area contributed by atoms with Crippen LogP contribution in [0, 0.1) is 0 Å². The van der Waals surface area contributed by atoms with Gasteiger partial charge in [-0.15, -0.1) is 0 Å². The molecule has 19 heavy (non-hydrogen) atoms. The van der Waals surface area contributed by atoms with Crippen molar-refractivity contribution in [2.45, 2.75) is 43.9 Å². The molecule has 2 unspecified atom stereocenters. The van der Waals surface area contributed by atoms with Crippen molar-refractivity contribution in [2.24, 2.45) is 0 Å². The highest BCUT2D eigenvalue weighted by Gasteiger charge is 2.35. The lowest BCUT2D eigenvalue weighted by atomic mass is 10.0. The van der Waals surface area contributed by atoms with E-state index in [1.807, 2.05) is 25.3 Å². The Kier molecular flexibility index (Phi) is 4.93. The highest BCUT2D eigenvalue weighted by atomic mass is 32.2. The fraction of sp³-hybridized carbons (Fsp3) is 0.643. The number of sulfone groups is 1. The highest BCUT2D eigenvalue weighted by molar-refractivity contribution is 7.92. The fourth-order valence-corrected chi connectivity index (χ4v) is 4.93. The molecule has 1 aromatic heterocycles. The molecule has 2 heterocycles. The lowest BCUT2D eigenvalue weighted by Gasteiger charge is -2.30. The van der Waals surface area contributed by atoms with Crippen LogP contribution in [-0.2, 0) is 16.3 Å². The monoisotopic (exact) mass is 282 g/mol. The SMILES string of the molecule is CCNC(Cc1cccnc1)C1CCCCS1(=O)=O. The van der Waals surface area contributed by atoms with E-state index in [1.54, 1.807) is 6.20 Å². The number of aromatic nitrogens is 1. The van der Waals surface area contributed by atoms with E-state index in [9.17, 15) is 8.42 Å². The van der Waals surface area contributed by atoms with Crippen LogP contribution in [0.4, 0.5) is 0 Å². The molecule has 4 nitrogen and oxygen atoms in total. The Balaban J connectivity index is 2.15. The standard InChI is InChI=1S/C14H22N2O2S/c1-2-16-13(10-12-6-5-8-15-11-12)14-7-3-4-9-19(14,17)18/h5-6,8,11,13-14,16H,2-4,7,9-10H2,1H3. The summed E-state index contributed by atoms with van der Waals surface area (Å²) >= 11 is 0. The van der Waals surface area contributed by atoms with E-state index in [2.05, 4.69) is 10.3 Å². The topological polar surface area (TPSA) is 59.1 Å². The maximum absolute atomic E-state index is 12.2. The van der Waals surface area contributed by atoms with E-state index < -0.39 is 9.84 Å². The van der Waals surface area contributed by atoms with Crippen molar-refractivity contribution in [3.8, 4) is 0 Å². The van der Waals surface area contributed by atoms with Crippen LogP contribution in [-0.4, -0.2) is 37.0 Å². The van der Waals surface area contributed by atoms with Gasteiger partial charge in [0, 0.05) is 18.4 Å². The number of pyridine rings is 1. The number of nitrogens with zero attached hydrogens (tertiary/aromatic N) is 1. The summed E-state index contributed by atoms with van der Waals surface area (Å²) in [6, 6.07) is 3.90. The summed E-state index contributed by atoms with van der Waals surface area (Å²) in [5.74, 6) is 0.340. The molecule has 0 aliphatic carbocycles. The van der Waals surface area contributed by atoms with Crippen molar-refractivity contribution in [1.29, 1.82) is 0 Å². The Morgan fingerprint density at radius 1 is 1.47 bits per heavy atom. The van der Waals surface area contributed by atoms with E-state index in [1.165, 1.54) is 0 Å². The number of hydrogen-bond acceptors (Lipinski definition) is 4. The van der Waals surface area contributed by atoms with Crippen molar-refractivity contribution in [2.75, 3.05) is 12.3 Å². The van der Waals surface area contributed by atoms with Crippen molar-refractivity contribution in [1.82, 2.24) is 10.3 Å². The summed E-state index contributed by atoms with van der Waals surface area (Å²) in [6.45, 7) is 2.81. The first kappa shape index (κ1) is 14.5. The van der Waals surface area contributed by atoms with Gasteiger partial charge in [-0.3, -0.25) is 4.98 Å². The van der Waals surface area contributed by atoms with Crippen molar-refractivity contribution < 1.29 is 8.42 Å². The Bertz CT molecular complexity index is 487. The van der Waals surface area contributed by atoms with E-state index >= 15 is 0 Å². The molecule has 0 radical (unpaired) electrons. The second-order valence-electron chi connectivity index (χ2n) is 5.13. The molecular formula is C14H22N2O2S. The molecule has 0 aromatic carbocycles. The van der Waals surface area contributed by atoms with Crippen LogP contribution in [0.3, 0.4) is 0 Å². The highest BCUT2D eigenvalue weighted by Crippen LogP contribution is 2.24. The van der Waals surface area contributed by atoms with Crippen LogP contribution in [0.25, 0.3) is 0 Å². The molecule has 0 saturated carbocycles. The maximum atomic E-state index is 12.2. The lowest BCUT2D eigenvalue weighted by molar-refractivity contribution is 0.440. The number of nitrogens with one attached hydrogen (secondary N) is 1. The molecule has 0 amide bonds. The fourth-order valence-electron chi connectivity index (χ4n) is 2.80. The molecular weight excluding hydrogens is 260 g/mol. The summed E-state index contributed by atoms with van der Waals surface area (Å²) in [6.07, 6.45) is 6.89. The molecule has 1 fully saturated rings. The molecule has 106 valence electrons. The minimum absolute atomic E-state index is 0.000463. The van der Waals surface area contributed by atoms with Crippen LogP contribution in [0.2, 0.25) is 0 Å². The quantitative estimate of drug-likeness (QED) is 0.890. The Morgan fingerprint density at radius 3 is 2.95 bits per heavy atom. The van der Waals surface area contributed by atoms with E-state index in [4.69, 9.17) is 0 Å². The second-order valence-corrected chi connectivity index (χ2v) is 7.47. The third kappa shape index (κ3) is 3.76. The van der Waals surface area contributed by atoms with E-state index in [0.717, 1.165) is 37.8 Å². The summed E-state index contributed by atoms with van der Waals surface area (Å²) in [4.78, 5) is 4.10. The van der Waals surface area contributed by atoms with Gasteiger partial charge >= 0.3 is 0 Å².